The summed E-state index contributed by atoms with van der Waals surface area (Å²) >= 11 is 0. The van der Waals surface area contributed by atoms with Crippen molar-refractivity contribution in [2.75, 3.05) is 6.61 Å². The van der Waals surface area contributed by atoms with Gasteiger partial charge in [-0.15, -0.1) is 0 Å². The number of aromatic nitrogens is 2. The molecule has 0 aromatic carbocycles. The minimum atomic E-state index is -0.454. The molecule has 0 saturated heterocycles. The Balaban J connectivity index is 1.98. The Hall–Kier alpha value is -0.870. The zero-order valence-corrected chi connectivity index (χ0v) is 12.1. The molecule has 108 valence electrons. The Morgan fingerprint density at radius 1 is 1.42 bits per heavy atom. The van der Waals surface area contributed by atoms with Crippen LogP contribution < -0.4 is 0 Å². The number of hydrogen-bond donors (Lipinski definition) is 1. The second-order valence-electron chi connectivity index (χ2n) is 5.54. The van der Waals surface area contributed by atoms with Crippen molar-refractivity contribution in [1.82, 2.24) is 9.55 Å². The van der Waals surface area contributed by atoms with Gasteiger partial charge in [0.2, 0.25) is 0 Å². The molecule has 2 rings (SSSR count). The predicted octanol–water partition coefficient (Wildman–Crippen LogP) is 2.31. The maximum Gasteiger partial charge on any atom is 0.111 e. The number of imidazole rings is 1. The highest BCUT2D eigenvalue weighted by molar-refractivity contribution is 4.95. The zero-order valence-electron chi connectivity index (χ0n) is 12.1. The van der Waals surface area contributed by atoms with Crippen LogP contribution in [-0.4, -0.2) is 33.5 Å². The molecule has 2 atom stereocenters. The largest absolute Gasteiger partial charge is 0.390 e. The van der Waals surface area contributed by atoms with Gasteiger partial charge in [-0.05, 0) is 25.7 Å². The van der Waals surface area contributed by atoms with Crippen LogP contribution in [0.1, 0.15) is 44.9 Å². The van der Waals surface area contributed by atoms with Crippen molar-refractivity contribution in [2.45, 2.75) is 57.7 Å². The molecular formula is C15H26N2O2. The van der Waals surface area contributed by atoms with Crippen molar-refractivity contribution in [3.63, 3.8) is 0 Å². The minimum absolute atomic E-state index is 0.0398. The monoisotopic (exact) mass is 266 g/mol. The first-order chi connectivity index (χ1) is 9.22. The SMILES string of the molecule is CCOC(C(O)Cc1nccn1C)C1CCCCC1. The fourth-order valence-electron chi connectivity index (χ4n) is 3.11. The molecule has 0 spiro atoms. The van der Waals surface area contributed by atoms with Gasteiger partial charge in [0.1, 0.15) is 5.82 Å². The Morgan fingerprint density at radius 2 is 2.16 bits per heavy atom. The van der Waals surface area contributed by atoms with Gasteiger partial charge in [0.15, 0.2) is 0 Å². The van der Waals surface area contributed by atoms with Gasteiger partial charge in [-0.2, -0.15) is 0 Å². The third-order valence-electron chi connectivity index (χ3n) is 4.17. The molecule has 4 heteroatoms. The van der Waals surface area contributed by atoms with E-state index in [0.29, 0.717) is 18.9 Å². The van der Waals surface area contributed by atoms with Crippen LogP contribution in [0.3, 0.4) is 0 Å². The molecule has 1 aromatic rings. The first-order valence-corrected chi connectivity index (χ1v) is 7.48. The molecule has 1 fully saturated rings. The van der Waals surface area contributed by atoms with Crippen LogP contribution in [0.5, 0.6) is 0 Å². The van der Waals surface area contributed by atoms with Crippen molar-refractivity contribution >= 4 is 0 Å². The second kappa shape index (κ2) is 7.06. The van der Waals surface area contributed by atoms with E-state index < -0.39 is 6.10 Å². The molecule has 4 nitrogen and oxygen atoms in total. The molecule has 1 N–H and O–H groups in total. The summed E-state index contributed by atoms with van der Waals surface area (Å²) in [5.41, 5.74) is 0. The van der Waals surface area contributed by atoms with Crippen molar-refractivity contribution < 1.29 is 9.84 Å². The number of aliphatic hydroxyl groups excluding tert-OH is 1. The summed E-state index contributed by atoms with van der Waals surface area (Å²) in [4.78, 5) is 4.29. The Kier molecular flexibility index (Phi) is 5.40. The van der Waals surface area contributed by atoms with Crippen LogP contribution in [-0.2, 0) is 18.2 Å². The smallest absolute Gasteiger partial charge is 0.111 e. The summed E-state index contributed by atoms with van der Waals surface area (Å²) < 4.78 is 7.81. The molecule has 1 aliphatic carbocycles. The molecule has 1 heterocycles. The van der Waals surface area contributed by atoms with Gasteiger partial charge in [-0.3, -0.25) is 0 Å². The third-order valence-corrected chi connectivity index (χ3v) is 4.17. The number of rotatable bonds is 6. The average Bonchev–Trinajstić information content (AvgIpc) is 2.82. The predicted molar refractivity (Wildman–Crippen MR) is 74.9 cm³/mol. The standard InChI is InChI=1S/C15H26N2O2/c1-3-19-15(12-7-5-4-6-8-12)13(18)11-14-16-9-10-17(14)2/h9-10,12-13,15,18H,3-8,11H2,1-2H3. The van der Waals surface area contributed by atoms with Crippen molar-refractivity contribution in [2.24, 2.45) is 13.0 Å². The van der Waals surface area contributed by atoms with Crippen LogP contribution in [0.4, 0.5) is 0 Å². The van der Waals surface area contributed by atoms with E-state index in [0.717, 1.165) is 5.82 Å². The lowest BCUT2D eigenvalue weighted by atomic mass is 9.82. The summed E-state index contributed by atoms with van der Waals surface area (Å²) in [5, 5.41) is 10.5. The van der Waals surface area contributed by atoms with Crippen LogP contribution in [0.25, 0.3) is 0 Å². The van der Waals surface area contributed by atoms with Crippen molar-refractivity contribution in [1.29, 1.82) is 0 Å². The molecule has 2 unspecified atom stereocenters. The van der Waals surface area contributed by atoms with E-state index in [1.165, 1.54) is 32.1 Å². The minimum Gasteiger partial charge on any atom is -0.390 e. The number of aryl methyl sites for hydroxylation is 1. The maximum atomic E-state index is 10.5. The second-order valence-corrected chi connectivity index (χ2v) is 5.54. The number of nitrogens with zero attached hydrogens (tertiary/aromatic N) is 2. The lowest BCUT2D eigenvalue weighted by Crippen LogP contribution is -2.39. The first kappa shape index (κ1) is 14.5. The fourth-order valence-corrected chi connectivity index (χ4v) is 3.11. The van der Waals surface area contributed by atoms with E-state index in [2.05, 4.69) is 4.98 Å². The van der Waals surface area contributed by atoms with Gasteiger partial charge in [0, 0.05) is 32.5 Å². The molecule has 0 radical (unpaired) electrons. The molecular weight excluding hydrogens is 240 g/mol. The first-order valence-electron chi connectivity index (χ1n) is 7.48. The van der Waals surface area contributed by atoms with E-state index in [4.69, 9.17) is 4.74 Å². The summed E-state index contributed by atoms with van der Waals surface area (Å²) in [7, 11) is 1.96. The van der Waals surface area contributed by atoms with E-state index in [-0.39, 0.29) is 6.10 Å². The highest BCUT2D eigenvalue weighted by atomic mass is 16.5. The Bertz CT molecular complexity index is 372. The van der Waals surface area contributed by atoms with E-state index in [1.807, 2.05) is 24.7 Å². The average molecular weight is 266 g/mol. The van der Waals surface area contributed by atoms with Crippen LogP contribution in [0.15, 0.2) is 12.4 Å². The van der Waals surface area contributed by atoms with E-state index in [9.17, 15) is 5.11 Å². The van der Waals surface area contributed by atoms with Gasteiger partial charge < -0.3 is 14.4 Å². The maximum absolute atomic E-state index is 10.5. The van der Waals surface area contributed by atoms with Gasteiger partial charge in [0.25, 0.3) is 0 Å². The molecule has 0 bridgehead atoms. The van der Waals surface area contributed by atoms with Gasteiger partial charge in [0.05, 0.1) is 12.2 Å². The molecule has 1 aromatic heterocycles. The zero-order chi connectivity index (χ0) is 13.7. The van der Waals surface area contributed by atoms with Crippen LogP contribution in [0, 0.1) is 5.92 Å². The molecule has 0 aliphatic heterocycles. The van der Waals surface area contributed by atoms with Crippen LogP contribution >= 0.6 is 0 Å². The molecule has 19 heavy (non-hydrogen) atoms. The quantitative estimate of drug-likeness (QED) is 0.859. The highest BCUT2D eigenvalue weighted by Gasteiger charge is 2.30. The topological polar surface area (TPSA) is 47.3 Å². The summed E-state index contributed by atoms with van der Waals surface area (Å²) in [6.45, 7) is 2.67. The number of ether oxygens (including phenoxy) is 1. The van der Waals surface area contributed by atoms with Crippen molar-refractivity contribution in [3.8, 4) is 0 Å². The molecule has 0 amide bonds. The lowest BCUT2D eigenvalue weighted by molar-refractivity contribution is -0.0723. The van der Waals surface area contributed by atoms with Gasteiger partial charge >= 0.3 is 0 Å². The van der Waals surface area contributed by atoms with Crippen molar-refractivity contribution in [3.05, 3.63) is 18.2 Å². The number of aliphatic hydroxyl groups is 1. The molecule has 1 saturated carbocycles. The molecule has 1 aliphatic rings. The summed E-state index contributed by atoms with van der Waals surface area (Å²) in [5.74, 6) is 1.43. The fraction of sp³-hybridized carbons (Fsp3) is 0.800. The van der Waals surface area contributed by atoms with E-state index in [1.54, 1.807) is 6.20 Å². The third kappa shape index (κ3) is 3.80. The highest BCUT2D eigenvalue weighted by Crippen LogP contribution is 2.30. The van der Waals surface area contributed by atoms with E-state index >= 15 is 0 Å². The normalized spacial score (nSPS) is 20.4. The number of hydrogen-bond acceptors (Lipinski definition) is 3. The summed E-state index contributed by atoms with van der Waals surface area (Å²) in [6.07, 6.45) is 10.00. The van der Waals surface area contributed by atoms with Gasteiger partial charge in [-0.1, -0.05) is 19.3 Å². The lowest BCUT2D eigenvalue weighted by Gasteiger charge is -2.33. The Morgan fingerprint density at radius 3 is 2.74 bits per heavy atom. The Labute approximate surface area is 115 Å². The summed E-state index contributed by atoms with van der Waals surface area (Å²) in [6, 6.07) is 0. The van der Waals surface area contributed by atoms with Crippen LogP contribution in [0.2, 0.25) is 0 Å². The van der Waals surface area contributed by atoms with Gasteiger partial charge in [-0.25, -0.2) is 4.98 Å².